The molecule has 2 aromatic rings. The first-order chi connectivity index (χ1) is 9.38. The maximum Gasteiger partial charge on any atom is 0.235 e. The van der Waals surface area contributed by atoms with Crippen molar-refractivity contribution in [1.29, 1.82) is 0 Å². The quantitative estimate of drug-likeness (QED) is 0.586. The van der Waals surface area contributed by atoms with Crippen molar-refractivity contribution in [3.63, 3.8) is 0 Å². The van der Waals surface area contributed by atoms with Crippen LogP contribution in [0.25, 0.3) is 0 Å². The van der Waals surface area contributed by atoms with Crippen LogP contribution >= 0.6 is 0 Å². The summed E-state index contributed by atoms with van der Waals surface area (Å²) < 4.78 is 5.66. The fraction of sp³-hybridized carbons (Fsp3) is 0.188. The van der Waals surface area contributed by atoms with Crippen LogP contribution in [0.1, 0.15) is 11.1 Å². The summed E-state index contributed by atoms with van der Waals surface area (Å²) >= 11 is 0. The average Bonchev–Trinajstić information content (AvgIpc) is 2.47. The Hall–Kier alpha value is -2.38. The Morgan fingerprint density at radius 1 is 0.947 bits per heavy atom. The Kier molecular flexibility index (Phi) is 4.91. The molecule has 0 N–H and O–H groups in total. The Bertz CT molecular complexity index is 543. The first-order valence-corrected chi connectivity index (χ1v) is 6.18. The van der Waals surface area contributed by atoms with E-state index in [0.717, 1.165) is 17.7 Å². The van der Waals surface area contributed by atoms with Crippen LogP contribution in [0, 0.1) is 0 Å². The van der Waals surface area contributed by atoms with Crippen LogP contribution in [0.5, 0.6) is 5.75 Å². The monoisotopic (exact) mass is 253 g/mol. The van der Waals surface area contributed by atoms with Gasteiger partial charge in [-0.3, -0.25) is 0 Å². The van der Waals surface area contributed by atoms with Gasteiger partial charge in [0.05, 0.1) is 13.2 Å². The van der Waals surface area contributed by atoms with Gasteiger partial charge in [-0.15, -0.1) is 0 Å². The van der Waals surface area contributed by atoms with Crippen LogP contribution in [0.2, 0.25) is 0 Å². The van der Waals surface area contributed by atoms with E-state index in [9.17, 15) is 4.79 Å². The number of carbonyl (C=O) groups excluding carboxylic acids is 1. The van der Waals surface area contributed by atoms with Crippen LogP contribution in [0.15, 0.2) is 59.6 Å². The van der Waals surface area contributed by atoms with Gasteiger partial charge < -0.3 is 4.74 Å². The summed E-state index contributed by atoms with van der Waals surface area (Å²) in [6, 6.07) is 17.8. The summed E-state index contributed by atoms with van der Waals surface area (Å²) in [5, 5.41) is 0. The number of rotatable bonds is 6. The standard InChI is InChI=1S/C16H15NO2/c18-13-17-12-15-6-8-16(9-7-15)19-11-10-14-4-2-1-3-5-14/h1-9H,10-12H2. The van der Waals surface area contributed by atoms with Crippen molar-refractivity contribution in [3.8, 4) is 5.75 Å². The van der Waals surface area contributed by atoms with Gasteiger partial charge in [-0.2, -0.15) is 0 Å². The molecule has 0 fully saturated rings. The molecule has 19 heavy (non-hydrogen) atoms. The zero-order valence-corrected chi connectivity index (χ0v) is 10.6. The van der Waals surface area contributed by atoms with Crippen LogP contribution in [-0.4, -0.2) is 12.7 Å². The molecule has 0 atom stereocenters. The first kappa shape index (κ1) is 13.1. The van der Waals surface area contributed by atoms with Gasteiger partial charge in [0.2, 0.25) is 6.08 Å². The summed E-state index contributed by atoms with van der Waals surface area (Å²) in [4.78, 5) is 13.5. The van der Waals surface area contributed by atoms with Gasteiger partial charge in [0.15, 0.2) is 0 Å². The maximum atomic E-state index is 10.0. The number of aliphatic imine (C=N–C) groups is 1. The second kappa shape index (κ2) is 7.14. The highest BCUT2D eigenvalue weighted by molar-refractivity contribution is 5.34. The molecule has 0 saturated heterocycles. The summed E-state index contributed by atoms with van der Waals surface area (Å²) in [7, 11) is 0. The molecule has 0 radical (unpaired) electrons. The number of hydrogen-bond acceptors (Lipinski definition) is 3. The molecule has 3 heteroatoms. The third kappa shape index (κ3) is 4.41. The number of ether oxygens (including phenoxy) is 1. The van der Waals surface area contributed by atoms with E-state index in [1.807, 2.05) is 42.5 Å². The third-order valence-corrected chi connectivity index (χ3v) is 2.75. The zero-order valence-electron chi connectivity index (χ0n) is 10.6. The molecule has 0 aliphatic heterocycles. The molecular weight excluding hydrogens is 238 g/mol. The minimum Gasteiger partial charge on any atom is -0.493 e. The van der Waals surface area contributed by atoms with E-state index in [2.05, 4.69) is 17.1 Å². The predicted molar refractivity (Wildman–Crippen MR) is 73.9 cm³/mol. The summed E-state index contributed by atoms with van der Waals surface area (Å²) in [6.07, 6.45) is 2.41. The predicted octanol–water partition coefficient (Wildman–Crippen LogP) is 3.14. The first-order valence-electron chi connectivity index (χ1n) is 6.18. The van der Waals surface area contributed by atoms with Gasteiger partial charge >= 0.3 is 0 Å². The van der Waals surface area contributed by atoms with Crippen LogP contribution in [-0.2, 0) is 17.8 Å². The van der Waals surface area contributed by atoms with E-state index in [1.165, 1.54) is 11.6 Å². The van der Waals surface area contributed by atoms with E-state index in [-0.39, 0.29) is 0 Å². The highest BCUT2D eigenvalue weighted by Gasteiger charge is 1.96. The smallest absolute Gasteiger partial charge is 0.235 e. The second-order valence-corrected chi connectivity index (χ2v) is 4.14. The van der Waals surface area contributed by atoms with Crippen molar-refractivity contribution in [3.05, 3.63) is 65.7 Å². The molecule has 0 bridgehead atoms. The Labute approximate surface area is 112 Å². The highest BCUT2D eigenvalue weighted by Crippen LogP contribution is 2.13. The molecule has 0 unspecified atom stereocenters. The summed E-state index contributed by atoms with van der Waals surface area (Å²) in [5.74, 6) is 0.828. The minimum atomic E-state index is 0.369. The van der Waals surface area contributed by atoms with Crippen molar-refractivity contribution in [2.24, 2.45) is 4.99 Å². The van der Waals surface area contributed by atoms with E-state index >= 15 is 0 Å². The van der Waals surface area contributed by atoms with Gasteiger partial charge in [-0.25, -0.2) is 9.79 Å². The fourth-order valence-corrected chi connectivity index (χ4v) is 1.75. The number of isocyanates is 1. The summed E-state index contributed by atoms with van der Waals surface area (Å²) in [5.41, 5.74) is 2.23. The molecule has 0 aromatic heterocycles. The lowest BCUT2D eigenvalue weighted by Gasteiger charge is -2.06. The van der Waals surface area contributed by atoms with E-state index in [4.69, 9.17) is 4.74 Å². The molecule has 2 aromatic carbocycles. The van der Waals surface area contributed by atoms with Crippen molar-refractivity contribution in [1.82, 2.24) is 0 Å². The van der Waals surface area contributed by atoms with Crippen molar-refractivity contribution >= 4 is 6.08 Å². The number of hydrogen-bond donors (Lipinski definition) is 0. The lowest BCUT2D eigenvalue weighted by molar-refractivity contribution is 0.322. The van der Waals surface area contributed by atoms with Crippen molar-refractivity contribution in [2.75, 3.05) is 6.61 Å². The molecule has 0 saturated carbocycles. The Morgan fingerprint density at radius 2 is 1.68 bits per heavy atom. The molecule has 0 amide bonds. The van der Waals surface area contributed by atoms with Gasteiger partial charge in [0, 0.05) is 6.42 Å². The SMILES string of the molecule is O=C=NCc1ccc(OCCc2ccccc2)cc1. The van der Waals surface area contributed by atoms with E-state index < -0.39 is 0 Å². The highest BCUT2D eigenvalue weighted by atomic mass is 16.5. The molecule has 0 spiro atoms. The zero-order chi connectivity index (χ0) is 13.3. The summed E-state index contributed by atoms with van der Waals surface area (Å²) in [6.45, 7) is 1.02. The molecular formula is C16H15NO2. The van der Waals surface area contributed by atoms with E-state index in [0.29, 0.717) is 13.2 Å². The normalized spacial score (nSPS) is 9.68. The van der Waals surface area contributed by atoms with E-state index in [1.54, 1.807) is 0 Å². The second-order valence-electron chi connectivity index (χ2n) is 4.14. The molecule has 96 valence electrons. The molecule has 2 rings (SSSR count). The topological polar surface area (TPSA) is 38.7 Å². The number of nitrogens with zero attached hydrogens (tertiary/aromatic N) is 1. The largest absolute Gasteiger partial charge is 0.493 e. The van der Waals surface area contributed by atoms with Gasteiger partial charge in [0.1, 0.15) is 5.75 Å². The van der Waals surface area contributed by atoms with Crippen LogP contribution < -0.4 is 4.74 Å². The Balaban J connectivity index is 1.81. The van der Waals surface area contributed by atoms with Crippen LogP contribution in [0.4, 0.5) is 0 Å². The maximum absolute atomic E-state index is 10.0. The molecule has 3 nitrogen and oxygen atoms in total. The van der Waals surface area contributed by atoms with Gasteiger partial charge in [-0.05, 0) is 23.3 Å². The van der Waals surface area contributed by atoms with Crippen LogP contribution in [0.3, 0.4) is 0 Å². The van der Waals surface area contributed by atoms with Gasteiger partial charge in [-0.1, -0.05) is 42.5 Å². The third-order valence-electron chi connectivity index (χ3n) is 2.75. The lowest BCUT2D eigenvalue weighted by atomic mass is 10.2. The fourth-order valence-electron chi connectivity index (χ4n) is 1.75. The number of benzene rings is 2. The lowest BCUT2D eigenvalue weighted by Crippen LogP contribution is -2.01. The molecule has 0 aliphatic rings. The average molecular weight is 253 g/mol. The Morgan fingerprint density at radius 3 is 2.37 bits per heavy atom. The van der Waals surface area contributed by atoms with Crippen molar-refractivity contribution < 1.29 is 9.53 Å². The minimum absolute atomic E-state index is 0.369. The molecule has 0 aliphatic carbocycles. The molecule has 0 heterocycles. The van der Waals surface area contributed by atoms with Crippen molar-refractivity contribution in [2.45, 2.75) is 13.0 Å². The van der Waals surface area contributed by atoms with Gasteiger partial charge in [0.25, 0.3) is 0 Å².